The maximum absolute atomic E-state index is 6.20. The van der Waals surface area contributed by atoms with Crippen LogP contribution in [0.3, 0.4) is 0 Å². The molecule has 5 heteroatoms. The van der Waals surface area contributed by atoms with Gasteiger partial charge in [-0.25, -0.2) is 0 Å². The Morgan fingerprint density at radius 1 is 1.44 bits per heavy atom. The van der Waals surface area contributed by atoms with Crippen molar-refractivity contribution >= 4 is 11.5 Å². The Labute approximate surface area is 100 Å². The van der Waals surface area contributed by atoms with Crippen LogP contribution in [-0.4, -0.2) is 21.5 Å². The van der Waals surface area contributed by atoms with Gasteiger partial charge in [0.25, 0.3) is 5.19 Å². The number of rotatable bonds is 5. The molecule has 0 unspecified atom stereocenters. The lowest BCUT2D eigenvalue weighted by atomic mass is 10.0. The fraction of sp³-hybridized carbons (Fsp3) is 0.818. The minimum Gasteiger partial charge on any atom is -0.467 e. The first-order chi connectivity index (χ1) is 7.72. The van der Waals surface area contributed by atoms with Gasteiger partial charge in [0, 0.05) is 18.0 Å². The number of hydrogen-bond acceptors (Lipinski definition) is 5. The van der Waals surface area contributed by atoms with Crippen molar-refractivity contribution in [3.63, 3.8) is 0 Å². The van der Waals surface area contributed by atoms with Crippen LogP contribution >= 0.6 is 11.5 Å². The summed E-state index contributed by atoms with van der Waals surface area (Å²) in [5.74, 6) is 0.889. The van der Waals surface area contributed by atoms with Gasteiger partial charge in [0.1, 0.15) is 12.4 Å². The third-order valence-corrected chi connectivity index (χ3v) is 3.67. The zero-order chi connectivity index (χ0) is 11.4. The standard InChI is InChI=1S/C11H19N3OS/c1-2-5-9-13-10(16-14-9)15-8-11(12)6-3-4-7-11/h2-8,12H2,1H3. The summed E-state index contributed by atoms with van der Waals surface area (Å²) in [5.41, 5.74) is 6.08. The quantitative estimate of drug-likeness (QED) is 0.858. The van der Waals surface area contributed by atoms with Crippen LogP contribution in [0.15, 0.2) is 0 Å². The monoisotopic (exact) mass is 241 g/mol. The third-order valence-electron chi connectivity index (χ3n) is 3.01. The van der Waals surface area contributed by atoms with Crippen molar-refractivity contribution in [3.8, 4) is 5.19 Å². The summed E-state index contributed by atoms with van der Waals surface area (Å²) in [7, 11) is 0. The number of hydrogen-bond donors (Lipinski definition) is 1. The molecular formula is C11H19N3OS. The number of aromatic nitrogens is 2. The molecule has 1 aromatic heterocycles. The van der Waals surface area contributed by atoms with Crippen LogP contribution in [0.1, 0.15) is 44.9 Å². The second-order valence-corrected chi connectivity index (χ2v) is 5.30. The van der Waals surface area contributed by atoms with E-state index in [0.717, 1.165) is 31.5 Å². The second kappa shape index (κ2) is 5.10. The predicted molar refractivity (Wildman–Crippen MR) is 64.8 cm³/mol. The molecular weight excluding hydrogens is 222 g/mol. The van der Waals surface area contributed by atoms with Gasteiger partial charge < -0.3 is 10.5 Å². The molecule has 2 N–H and O–H groups in total. The lowest BCUT2D eigenvalue weighted by molar-refractivity contribution is 0.219. The van der Waals surface area contributed by atoms with Crippen LogP contribution in [0.2, 0.25) is 0 Å². The topological polar surface area (TPSA) is 61.0 Å². The van der Waals surface area contributed by atoms with Crippen molar-refractivity contribution in [3.05, 3.63) is 5.82 Å². The molecule has 0 radical (unpaired) electrons. The summed E-state index contributed by atoms with van der Waals surface area (Å²) in [5, 5.41) is 0.667. The fourth-order valence-corrected chi connectivity index (χ4v) is 2.62. The van der Waals surface area contributed by atoms with E-state index < -0.39 is 0 Å². The Morgan fingerprint density at radius 2 is 2.19 bits per heavy atom. The van der Waals surface area contributed by atoms with Gasteiger partial charge >= 0.3 is 0 Å². The predicted octanol–water partition coefficient (Wildman–Crippen LogP) is 2.14. The zero-order valence-corrected chi connectivity index (χ0v) is 10.6. The minimum absolute atomic E-state index is 0.128. The number of ether oxygens (including phenoxy) is 1. The number of aryl methyl sites for hydroxylation is 1. The molecule has 1 heterocycles. The maximum Gasteiger partial charge on any atom is 0.293 e. The van der Waals surface area contributed by atoms with E-state index in [9.17, 15) is 0 Å². The maximum atomic E-state index is 6.20. The first-order valence-corrected chi connectivity index (χ1v) is 6.73. The zero-order valence-electron chi connectivity index (χ0n) is 9.74. The lowest BCUT2D eigenvalue weighted by Gasteiger charge is -2.22. The normalized spacial score (nSPS) is 18.9. The van der Waals surface area contributed by atoms with Gasteiger partial charge in [-0.15, -0.1) is 0 Å². The van der Waals surface area contributed by atoms with Gasteiger partial charge in [0.15, 0.2) is 0 Å². The minimum atomic E-state index is -0.128. The molecule has 0 amide bonds. The van der Waals surface area contributed by atoms with Crippen LogP contribution in [0.5, 0.6) is 5.19 Å². The molecule has 16 heavy (non-hydrogen) atoms. The Hall–Kier alpha value is -0.680. The highest BCUT2D eigenvalue weighted by atomic mass is 32.1. The Kier molecular flexibility index (Phi) is 3.76. The van der Waals surface area contributed by atoms with E-state index in [2.05, 4.69) is 16.3 Å². The van der Waals surface area contributed by atoms with Crippen LogP contribution in [0.25, 0.3) is 0 Å². The smallest absolute Gasteiger partial charge is 0.293 e. The van der Waals surface area contributed by atoms with Crippen molar-refractivity contribution in [1.29, 1.82) is 0 Å². The molecule has 1 aliphatic rings. The molecule has 0 aromatic carbocycles. The Morgan fingerprint density at radius 3 is 2.88 bits per heavy atom. The van der Waals surface area contributed by atoms with Gasteiger partial charge in [-0.2, -0.15) is 9.36 Å². The highest BCUT2D eigenvalue weighted by Gasteiger charge is 2.30. The van der Waals surface area contributed by atoms with Crippen molar-refractivity contribution in [1.82, 2.24) is 9.36 Å². The molecule has 4 nitrogen and oxygen atoms in total. The summed E-state index contributed by atoms with van der Waals surface area (Å²) >= 11 is 1.33. The Balaban J connectivity index is 1.84. The van der Waals surface area contributed by atoms with Crippen molar-refractivity contribution < 1.29 is 4.74 Å². The summed E-state index contributed by atoms with van der Waals surface area (Å²) < 4.78 is 9.88. The van der Waals surface area contributed by atoms with Crippen LogP contribution in [0, 0.1) is 0 Å². The molecule has 1 saturated carbocycles. The molecule has 0 bridgehead atoms. The molecule has 90 valence electrons. The van der Waals surface area contributed by atoms with E-state index in [1.165, 1.54) is 24.4 Å². The summed E-state index contributed by atoms with van der Waals surface area (Å²) in [6, 6.07) is 0. The summed E-state index contributed by atoms with van der Waals surface area (Å²) in [4.78, 5) is 4.32. The largest absolute Gasteiger partial charge is 0.467 e. The SMILES string of the molecule is CCCc1nsc(OCC2(N)CCCC2)n1. The van der Waals surface area contributed by atoms with Gasteiger partial charge in [-0.05, 0) is 19.3 Å². The summed E-state index contributed by atoms with van der Waals surface area (Å²) in [6.07, 6.45) is 6.56. The second-order valence-electron chi connectivity index (χ2n) is 4.58. The van der Waals surface area contributed by atoms with E-state index in [1.807, 2.05) is 0 Å². The first-order valence-electron chi connectivity index (χ1n) is 5.96. The van der Waals surface area contributed by atoms with Gasteiger partial charge in [-0.3, -0.25) is 0 Å². The molecule has 2 rings (SSSR count). The summed E-state index contributed by atoms with van der Waals surface area (Å²) in [6.45, 7) is 2.70. The fourth-order valence-electron chi connectivity index (χ4n) is 2.05. The Bertz CT molecular complexity index is 334. The number of nitrogens with zero attached hydrogens (tertiary/aromatic N) is 2. The van der Waals surface area contributed by atoms with Crippen LogP contribution in [-0.2, 0) is 6.42 Å². The van der Waals surface area contributed by atoms with E-state index >= 15 is 0 Å². The van der Waals surface area contributed by atoms with Crippen LogP contribution < -0.4 is 10.5 Å². The average Bonchev–Trinajstić information content (AvgIpc) is 2.86. The first kappa shape index (κ1) is 11.8. The van der Waals surface area contributed by atoms with Crippen molar-refractivity contribution in [2.45, 2.75) is 51.0 Å². The van der Waals surface area contributed by atoms with Gasteiger partial charge in [0.05, 0.1) is 5.54 Å². The van der Waals surface area contributed by atoms with Crippen molar-refractivity contribution in [2.75, 3.05) is 6.61 Å². The van der Waals surface area contributed by atoms with E-state index in [1.54, 1.807) is 0 Å². The van der Waals surface area contributed by atoms with E-state index in [4.69, 9.17) is 10.5 Å². The number of nitrogens with two attached hydrogens (primary N) is 1. The molecule has 0 aliphatic heterocycles. The molecule has 1 fully saturated rings. The van der Waals surface area contributed by atoms with E-state index in [-0.39, 0.29) is 5.54 Å². The lowest BCUT2D eigenvalue weighted by Crippen LogP contribution is -2.42. The molecule has 0 atom stereocenters. The van der Waals surface area contributed by atoms with E-state index in [0.29, 0.717) is 11.8 Å². The average molecular weight is 241 g/mol. The van der Waals surface area contributed by atoms with Crippen LogP contribution in [0.4, 0.5) is 0 Å². The van der Waals surface area contributed by atoms with Gasteiger partial charge in [0.2, 0.25) is 0 Å². The third kappa shape index (κ3) is 2.92. The molecule has 0 spiro atoms. The molecule has 0 saturated heterocycles. The molecule has 1 aliphatic carbocycles. The highest BCUT2D eigenvalue weighted by Crippen LogP contribution is 2.28. The van der Waals surface area contributed by atoms with Crippen molar-refractivity contribution in [2.24, 2.45) is 5.73 Å². The highest BCUT2D eigenvalue weighted by molar-refractivity contribution is 7.07. The van der Waals surface area contributed by atoms with Gasteiger partial charge in [-0.1, -0.05) is 19.8 Å². The molecule has 1 aromatic rings.